The minimum absolute atomic E-state index is 0.165. The zero-order valence-electron chi connectivity index (χ0n) is 16.7. The van der Waals surface area contributed by atoms with Crippen molar-refractivity contribution in [2.24, 2.45) is 0 Å². The van der Waals surface area contributed by atoms with Gasteiger partial charge >= 0.3 is 0 Å². The smallest absolute Gasteiger partial charge is 0.261 e. The fourth-order valence-corrected chi connectivity index (χ4v) is 4.00. The van der Waals surface area contributed by atoms with Crippen LogP contribution >= 0.6 is 0 Å². The molecule has 0 saturated carbocycles. The van der Waals surface area contributed by atoms with E-state index in [4.69, 9.17) is 4.74 Å². The van der Waals surface area contributed by atoms with Crippen molar-refractivity contribution in [3.05, 3.63) is 90.0 Å². The van der Waals surface area contributed by atoms with Gasteiger partial charge in [-0.3, -0.25) is 9.52 Å². The van der Waals surface area contributed by atoms with Gasteiger partial charge in [0.1, 0.15) is 5.75 Å². The van der Waals surface area contributed by atoms with Gasteiger partial charge in [0, 0.05) is 17.8 Å². The molecule has 0 saturated heterocycles. The van der Waals surface area contributed by atoms with Gasteiger partial charge in [0.25, 0.3) is 15.9 Å². The predicted molar refractivity (Wildman–Crippen MR) is 117 cm³/mol. The molecular formula is C23H24N2O4S. The summed E-state index contributed by atoms with van der Waals surface area (Å²) in [7, 11) is -2.07. The van der Waals surface area contributed by atoms with Crippen LogP contribution in [0.3, 0.4) is 0 Å². The highest BCUT2D eigenvalue weighted by atomic mass is 32.2. The summed E-state index contributed by atoms with van der Waals surface area (Å²) < 4.78 is 32.5. The van der Waals surface area contributed by atoms with E-state index in [-0.39, 0.29) is 10.8 Å². The van der Waals surface area contributed by atoms with Gasteiger partial charge in [0.2, 0.25) is 0 Å². The topological polar surface area (TPSA) is 84.5 Å². The average molecular weight is 425 g/mol. The zero-order valence-corrected chi connectivity index (χ0v) is 17.5. The molecule has 3 rings (SSSR count). The lowest BCUT2D eigenvalue weighted by molar-refractivity contribution is 0.0953. The number of hydrogen-bond donors (Lipinski definition) is 2. The van der Waals surface area contributed by atoms with Crippen LogP contribution in [0.1, 0.15) is 22.3 Å². The molecule has 0 radical (unpaired) electrons. The van der Waals surface area contributed by atoms with Crippen LogP contribution in [0.2, 0.25) is 0 Å². The van der Waals surface area contributed by atoms with Gasteiger partial charge in [-0.25, -0.2) is 8.42 Å². The Hall–Kier alpha value is -3.32. The summed E-state index contributed by atoms with van der Waals surface area (Å²) >= 11 is 0. The van der Waals surface area contributed by atoms with Crippen LogP contribution in [0.25, 0.3) is 0 Å². The number of sulfonamides is 1. The molecule has 0 aliphatic rings. The molecule has 0 aromatic heterocycles. The van der Waals surface area contributed by atoms with Gasteiger partial charge in [0.05, 0.1) is 12.0 Å². The molecule has 0 spiro atoms. The first-order valence-corrected chi connectivity index (χ1v) is 11.1. The maximum absolute atomic E-state index is 12.4. The van der Waals surface area contributed by atoms with E-state index >= 15 is 0 Å². The van der Waals surface area contributed by atoms with Gasteiger partial charge in [-0.15, -0.1) is 0 Å². The zero-order chi connectivity index (χ0) is 21.4. The van der Waals surface area contributed by atoms with Crippen molar-refractivity contribution in [1.29, 1.82) is 0 Å². The van der Waals surface area contributed by atoms with E-state index < -0.39 is 10.0 Å². The Balaban J connectivity index is 1.54. The number of anilines is 1. The highest BCUT2D eigenvalue weighted by Gasteiger charge is 2.14. The van der Waals surface area contributed by atoms with E-state index in [2.05, 4.69) is 10.0 Å². The lowest BCUT2D eigenvalue weighted by atomic mass is 10.1. The second-order valence-corrected chi connectivity index (χ2v) is 8.39. The molecule has 3 aromatic rings. The van der Waals surface area contributed by atoms with Gasteiger partial charge in [-0.2, -0.15) is 0 Å². The van der Waals surface area contributed by atoms with Crippen molar-refractivity contribution in [2.75, 3.05) is 18.4 Å². The van der Waals surface area contributed by atoms with Gasteiger partial charge in [-0.05, 0) is 60.9 Å². The molecule has 156 valence electrons. The maximum atomic E-state index is 12.4. The minimum atomic E-state index is -3.70. The molecule has 0 bridgehead atoms. The Morgan fingerprint density at radius 1 is 0.933 bits per heavy atom. The minimum Gasteiger partial charge on any atom is -0.497 e. The number of carbonyl (C=O) groups excluding carboxylic acids is 1. The summed E-state index contributed by atoms with van der Waals surface area (Å²) in [5, 5.41) is 2.87. The molecule has 6 nitrogen and oxygen atoms in total. The second-order valence-electron chi connectivity index (χ2n) is 6.71. The third-order valence-electron chi connectivity index (χ3n) is 4.52. The summed E-state index contributed by atoms with van der Waals surface area (Å²) in [6.45, 7) is 0.519. The molecule has 0 heterocycles. The Labute approximate surface area is 177 Å². The van der Waals surface area contributed by atoms with Crippen LogP contribution in [0.15, 0.2) is 83.8 Å². The van der Waals surface area contributed by atoms with Crippen LogP contribution in [-0.4, -0.2) is 28.0 Å². The lowest BCUT2D eigenvalue weighted by Crippen LogP contribution is -2.25. The predicted octanol–water partition coefficient (Wildman–Crippen LogP) is 3.86. The number of carbonyl (C=O) groups is 1. The first kappa shape index (κ1) is 21.4. The third-order valence-corrected chi connectivity index (χ3v) is 5.91. The van der Waals surface area contributed by atoms with Crippen LogP contribution in [-0.2, 0) is 16.4 Å². The van der Waals surface area contributed by atoms with E-state index in [1.807, 2.05) is 24.3 Å². The fraction of sp³-hybridized carbons (Fsp3) is 0.174. The summed E-state index contributed by atoms with van der Waals surface area (Å²) in [4.78, 5) is 12.6. The Bertz CT molecular complexity index is 1080. The molecule has 0 unspecified atom stereocenters. The maximum Gasteiger partial charge on any atom is 0.261 e. The fourth-order valence-electron chi connectivity index (χ4n) is 2.93. The number of rotatable bonds is 9. The number of hydrogen-bond acceptors (Lipinski definition) is 4. The summed E-state index contributed by atoms with van der Waals surface area (Å²) in [5.41, 5.74) is 1.90. The summed E-state index contributed by atoms with van der Waals surface area (Å²) in [5.74, 6) is 0.570. The monoisotopic (exact) mass is 424 g/mol. The molecule has 0 aliphatic carbocycles. The van der Waals surface area contributed by atoms with Crippen LogP contribution in [0.5, 0.6) is 5.75 Å². The normalized spacial score (nSPS) is 11.0. The largest absolute Gasteiger partial charge is 0.497 e. The molecule has 3 aromatic carbocycles. The van der Waals surface area contributed by atoms with E-state index in [1.54, 1.807) is 43.5 Å². The van der Waals surface area contributed by atoms with Crippen molar-refractivity contribution in [3.63, 3.8) is 0 Å². The lowest BCUT2D eigenvalue weighted by Gasteiger charge is -2.10. The molecule has 0 aliphatic heterocycles. The third kappa shape index (κ3) is 5.84. The first-order chi connectivity index (χ1) is 14.5. The SMILES string of the molecule is COc1ccc(CCCNC(=O)c2cccc(NS(=O)(=O)c3ccccc3)c2)cc1. The van der Waals surface area contributed by atoms with Gasteiger partial charge in [0.15, 0.2) is 0 Å². The number of methoxy groups -OCH3 is 1. The van der Waals surface area contributed by atoms with E-state index in [0.29, 0.717) is 17.8 Å². The van der Waals surface area contributed by atoms with Crippen LogP contribution in [0, 0.1) is 0 Å². The van der Waals surface area contributed by atoms with Crippen molar-refractivity contribution in [3.8, 4) is 5.75 Å². The molecule has 2 N–H and O–H groups in total. The van der Waals surface area contributed by atoms with Crippen molar-refractivity contribution >= 4 is 21.6 Å². The molecule has 1 amide bonds. The second kappa shape index (κ2) is 9.93. The highest BCUT2D eigenvalue weighted by molar-refractivity contribution is 7.92. The van der Waals surface area contributed by atoms with Crippen LogP contribution < -0.4 is 14.8 Å². The molecule has 0 atom stereocenters. The number of aryl methyl sites for hydroxylation is 1. The standard InChI is InChI=1S/C23H24N2O4S/c1-29-21-14-12-18(13-15-21)7-6-16-24-23(26)19-8-5-9-20(17-19)25-30(27,28)22-10-3-2-4-11-22/h2-5,8-15,17,25H,6-7,16H2,1H3,(H,24,26). The quantitative estimate of drug-likeness (QED) is 0.511. The van der Waals surface area contributed by atoms with Gasteiger partial charge in [-0.1, -0.05) is 36.4 Å². The Kier molecular flexibility index (Phi) is 7.08. The first-order valence-electron chi connectivity index (χ1n) is 9.57. The van der Waals surface area contributed by atoms with E-state index in [0.717, 1.165) is 18.6 Å². The van der Waals surface area contributed by atoms with Crippen LogP contribution in [0.4, 0.5) is 5.69 Å². The Morgan fingerprint density at radius 3 is 2.37 bits per heavy atom. The van der Waals surface area contributed by atoms with E-state index in [9.17, 15) is 13.2 Å². The molecule has 0 fully saturated rings. The molecule has 7 heteroatoms. The van der Waals surface area contributed by atoms with Crippen molar-refractivity contribution in [2.45, 2.75) is 17.7 Å². The molecular weight excluding hydrogens is 400 g/mol. The van der Waals surface area contributed by atoms with Crippen molar-refractivity contribution < 1.29 is 17.9 Å². The Morgan fingerprint density at radius 2 is 1.67 bits per heavy atom. The highest BCUT2D eigenvalue weighted by Crippen LogP contribution is 2.17. The molecule has 30 heavy (non-hydrogen) atoms. The van der Waals surface area contributed by atoms with Crippen molar-refractivity contribution in [1.82, 2.24) is 5.32 Å². The van der Waals surface area contributed by atoms with Gasteiger partial charge < -0.3 is 10.1 Å². The summed E-state index contributed by atoms with van der Waals surface area (Å²) in [6, 6.07) is 22.4. The number of amides is 1. The average Bonchev–Trinajstić information content (AvgIpc) is 2.77. The number of ether oxygens (including phenoxy) is 1. The van der Waals surface area contributed by atoms with E-state index in [1.165, 1.54) is 23.8 Å². The number of benzene rings is 3. The summed E-state index contributed by atoms with van der Waals surface area (Å²) in [6.07, 6.45) is 1.62. The number of nitrogens with one attached hydrogen (secondary N) is 2.